The molecule has 0 saturated carbocycles. The van der Waals surface area contributed by atoms with Crippen LogP contribution in [-0.4, -0.2) is 31.7 Å². The molecule has 2 aromatic rings. The number of halogens is 2. The number of hydrogen-bond donors (Lipinski definition) is 1. The molecule has 0 radical (unpaired) electrons. The summed E-state index contributed by atoms with van der Waals surface area (Å²) in [5.41, 5.74) is 0.745. The molecule has 1 heterocycles. The molecular formula is C20H22BrFN2O3S. The zero-order valence-corrected chi connectivity index (χ0v) is 18.1. The maximum atomic E-state index is 13.2. The third-order valence-electron chi connectivity index (χ3n) is 4.76. The van der Waals surface area contributed by atoms with Gasteiger partial charge in [-0.3, -0.25) is 4.79 Å². The molecule has 0 aliphatic carbocycles. The minimum absolute atomic E-state index is 0.203. The number of sulfonamides is 1. The van der Waals surface area contributed by atoms with Crippen molar-refractivity contribution in [3.8, 4) is 0 Å². The Morgan fingerprint density at radius 2 is 1.71 bits per heavy atom. The number of hydrogen-bond acceptors (Lipinski definition) is 3. The number of rotatable bonds is 4. The molecule has 5 nitrogen and oxygen atoms in total. The topological polar surface area (TPSA) is 66.5 Å². The molecule has 1 aliphatic rings. The monoisotopic (exact) mass is 468 g/mol. The molecule has 1 fully saturated rings. The highest BCUT2D eigenvalue weighted by molar-refractivity contribution is 9.10. The number of carbonyl (C=O) groups is 1. The van der Waals surface area contributed by atoms with Crippen molar-refractivity contribution in [1.82, 2.24) is 4.31 Å². The van der Waals surface area contributed by atoms with Crippen molar-refractivity contribution in [2.75, 3.05) is 18.4 Å². The van der Waals surface area contributed by atoms with E-state index < -0.39 is 21.7 Å². The van der Waals surface area contributed by atoms with Crippen molar-refractivity contribution in [3.63, 3.8) is 0 Å². The van der Waals surface area contributed by atoms with Crippen molar-refractivity contribution in [2.24, 2.45) is 11.8 Å². The summed E-state index contributed by atoms with van der Waals surface area (Å²) in [7, 11) is -3.57. The van der Waals surface area contributed by atoms with Gasteiger partial charge in [0.2, 0.25) is 10.0 Å². The van der Waals surface area contributed by atoms with Gasteiger partial charge < -0.3 is 5.32 Å². The van der Waals surface area contributed by atoms with Gasteiger partial charge in [0.1, 0.15) is 5.82 Å². The van der Waals surface area contributed by atoms with Gasteiger partial charge in [-0.05, 0) is 76.7 Å². The molecule has 1 amide bonds. The number of amides is 1. The third kappa shape index (κ3) is 4.61. The predicted molar refractivity (Wildman–Crippen MR) is 110 cm³/mol. The second-order valence-electron chi connectivity index (χ2n) is 7.37. The van der Waals surface area contributed by atoms with Gasteiger partial charge in [0, 0.05) is 23.2 Å². The molecule has 1 saturated heterocycles. The van der Waals surface area contributed by atoms with Gasteiger partial charge in [-0.15, -0.1) is 0 Å². The Bertz CT molecular complexity index is 969. The Balaban J connectivity index is 1.75. The molecule has 3 rings (SSSR count). The van der Waals surface area contributed by atoms with Gasteiger partial charge >= 0.3 is 0 Å². The van der Waals surface area contributed by atoms with Gasteiger partial charge in [0.25, 0.3) is 5.91 Å². The van der Waals surface area contributed by atoms with Gasteiger partial charge in [0.15, 0.2) is 0 Å². The first kappa shape index (κ1) is 21.0. The summed E-state index contributed by atoms with van der Waals surface area (Å²) >= 11 is 3.17. The van der Waals surface area contributed by atoms with Crippen LogP contribution in [0.3, 0.4) is 0 Å². The van der Waals surface area contributed by atoms with Crippen LogP contribution >= 0.6 is 15.9 Å². The number of nitrogens with zero attached hydrogens (tertiary/aromatic N) is 1. The fourth-order valence-corrected chi connectivity index (χ4v) is 5.74. The van der Waals surface area contributed by atoms with E-state index >= 15 is 0 Å². The van der Waals surface area contributed by atoms with Crippen molar-refractivity contribution in [2.45, 2.75) is 25.2 Å². The highest BCUT2D eigenvalue weighted by atomic mass is 79.9. The van der Waals surface area contributed by atoms with Crippen LogP contribution in [-0.2, 0) is 10.0 Å². The third-order valence-corrected chi connectivity index (χ3v) is 7.26. The molecule has 1 aliphatic heterocycles. The summed E-state index contributed by atoms with van der Waals surface area (Å²) in [5, 5.41) is 2.69. The van der Waals surface area contributed by atoms with Crippen LogP contribution in [0, 0.1) is 17.7 Å². The molecule has 0 aromatic heterocycles. The number of benzene rings is 2. The van der Waals surface area contributed by atoms with Crippen molar-refractivity contribution >= 4 is 37.5 Å². The van der Waals surface area contributed by atoms with Crippen LogP contribution < -0.4 is 5.32 Å². The lowest BCUT2D eigenvalue weighted by atomic mass is 9.94. The van der Waals surface area contributed by atoms with E-state index in [1.807, 2.05) is 0 Å². The van der Waals surface area contributed by atoms with Crippen LogP contribution in [0.2, 0.25) is 0 Å². The van der Waals surface area contributed by atoms with E-state index in [1.54, 1.807) is 12.1 Å². The average Bonchev–Trinajstić information content (AvgIpc) is 2.61. The summed E-state index contributed by atoms with van der Waals surface area (Å²) in [6, 6.07) is 9.90. The minimum Gasteiger partial charge on any atom is -0.322 e. The van der Waals surface area contributed by atoms with E-state index in [-0.39, 0.29) is 10.5 Å². The van der Waals surface area contributed by atoms with Gasteiger partial charge in [-0.2, -0.15) is 4.31 Å². The average molecular weight is 469 g/mol. The number of nitrogens with one attached hydrogen (secondary N) is 1. The molecular weight excluding hydrogens is 447 g/mol. The molecule has 0 bridgehead atoms. The molecule has 2 unspecified atom stereocenters. The van der Waals surface area contributed by atoms with E-state index in [4.69, 9.17) is 0 Å². The van der Waals surface area contributed by atoms with Crippen LogP contribution in [0.4, 0.5) is 10.1 Å². The number of anilines is 1. The second kappa shape index (κ2) is 8.31. The molecule has 28 heavy (non-hydrogen) atoms. The highest BCUT2D eigenvalue weighted by Crippen LogP contribution is 2.27. The summed E-state index contributed by atoms with van der Waals surface area (Å²) in [4.78, 5) is 12.6. The summed E-state index contributed by atoms with van der Waals surface area (Å²) in [6.45, 7) is 5.16. The zero-order chi connectivity index (χ0) is 20.5. The first-order valence-corrected chi connectivity index (χ1v) is 11.3. The van der Waals surface area contributed by atoms with E-state index in [2.05, 4.69) is 35.1 Å². The molecule has 8 heteroatoms. The summed E-state index contributed by atoms with van der Waals surface area (Å²) in [6.07, 6.45) is 1.02. The Morgan fingerprint density at radius 1 is 1.11 bits per heavy atom. The van der Waals surface area contributed by atoms with Crippen molar-refractivity contribution in [1.29, 1.82) is 0 Å². The SMILES string of the molecule is CC1CC(C)CN(S(=O)(=O)c2ccc(NC(=O)c3ccc(F)cc3Br)cc2)C1. The fraction of sp³-hybridized carbons (Fsp3) is 0.350. The van der Waals surface area contributed by atoms with E-state index in [0.717, 1.165) is 6.42 Å². The first-order chi connectivity index (χ1) is 13.2. The Labute approximate surface area is 173 Å². The lowest BCUT2D eigenvalue weighted by molar-refractivity contribution is 0.102. The molecule has 0 spiro atoms. The van der Waals surface area contributed by atoms with Gasteiger partial charge in [-0.25, -0.2) is 12.8 Å². The largest absolute Gasteiger partial charge is 0.322 e. The molecule has 2 aromatic carbocycles. The maximum Gasteiger partial charge on any atom is 0.256 e. The first-order valence-electron chi connectivity index (χ1n) is 9.03. The predicted octanol–water partition coefficient (Wildman–Crippen LogP) is 4.51. The van der Waals surface area contributed by atoms with Gasteiger partial charge in [0.05, 0.1) is 10.5 Å². The van der Waals surface area contributed by atoms with Crippen molar-refractivity contribution in [3.05, 3.63) is 58.3 Å². The van der Waals surface area contributed by atoms with Crippen LogP contribution in [0.15, 0.2) is 51.8 Å². The minimum atomic E-state index is -3.57. The fourth-order valence-electron chi connectivity index (χ4n) is 3.53. The Hall–Kier alpha value is -1.77. The number of carbonyl (C=O) groups excluding carboxylic acids is 1. The standard InChI is InChI=1S/C20H22BrFN2O3S/c1-13-9-14(2)12-24(11-13)28(26,27)17-6-4-16(5-7-17)23-20(25)18-8-3-15(22)10-19(18)21/h3-8,10,13-14H,9,11-12H2,1-2H3,(H,23,25). The normalized spacial score (nSPS) is 20.7. The lowest BCUT2D eigenvalue weighted by Crippen LogP contribution is -2.42. The summed E-state index contributed by atoms with van der Waals surface area (Å²) < 4.78 is 40.9. The quantitative estimate of drug-likeness (QED) is 0.717. The lowest BCUT2D eigenvalue weighted by Gasteiger charge is -2.34. The Morgan fingerprint density at radius 3 is 2.29 bits per heavy atom. The molecule has 1 N–H and O–H groups in total. The van der Waals surface area contributed by atoms with Crippen LogP contribution in [0.1, 0.15) is 30.6 Å². The van der Waals surface area contributed by atoms with Crippen molar-refractivity contribution < 1.29 is 17.6 Å². The van der Waals surface area contributed by atoms with Crippen LogP contribution in [0.25, 0.3) is 0 Å². The molecule has 2 atom stereocenters. The zero-order valence-electron chi connectivity index (χ0n) is 15.7. The van der Waals surface area contributed by atoms with E-state index in [0.29, 0.717) is 35.1 Å². The maximum absolute atomic E-state index is 13.2. The Kier molecular flexibility index (Phi) is 6.21. The van der Waals surface area contributed by atoms with E-state index in [9.17, 15) is 17.6 Å². The second-order valence-corrected chi connectivity index (χ2v) is 10.2. The smallest absolute Gasteiger partial charge is 0.256 e. The highest BCUT2D eigenvalue weighted by Gasteiger charge is 2.31. The summed E-state index contributed by atoms with van der Waals surface area (Å²) in [5.74, 6) is -0.210. The van der Waals surface area contributed by atoms with E-state index in [1.165, 1.54) is 34.6 Å². The van der Waals surface area contributed by atoms with Crippen LogP contribution in [0.5, 0.6) is 0 Å². The van der Waals surface area contributed by atoms with Gasteiger partial charge in [-0.1, -0.05) is 13.8 Å². The molecule has 150 valence electrons. The number of piperidine rings is 1.